The number of amidine groups is 2. The average Bonchev–Trinajstić information content (AvgIpc) is 2.74. The van der Waals surface area contributed by atoms with Crippen LogP contribution in [0.2, 0.25) is 0 Å². The van der Waals surface area contributed by atoms with Crippen molar-refractivity contribution in [1.29, 1.82) is 0 Å². The van der Waals surface area contributed by atoms with Gasteiger partial charge in [-0.15, -0.1) is 0 Å². The van der Waals surface area contributed by atoms with E-state index in [1.54, 1.807) is 0 Å². The molecule has 5 nitrogen and oxygen atoms in total. The summed E-state index contributed by atoms with van der Waals surface area (Å²) in [7, 11) is 0. The number of hydrogen-bond acceptors (Lipinski definition) is 5. The zero-order valence-electron chi connectivity index (χ0n) is 8.79. The first kappa shape index (κ1) is 10.1. The number of nitrogens with zero attached hydrogens (tertiary/aromatic N) is 3. The van der Waals surface area contributed by atoms with Gasteiger partial charge in [0.25, 0.3) is 0 Å². The Morgan fingerprint density at radius 3 is 2.71 bits per heavy atom. The molecular weight excluding hydrogens is 234 g/mol. The average molecular weight is 243 g/mol. The van der Waals surface area contributed by atoms with E-state index in [-0.39, 0.29) is 12.0 Å². The smallest absolute Gasteiger partial charge is 0.222 e. The van der Waals surface area contributed by atoms with Crippen LogP contribution in [0.5, 0.6) is 0 Å². The largest absolute Gasteiger partial charge is 0.368 e. The predicted octanol–water partition coefficient (Wildman–Crippen LogP) is 0.459. The fourth-order valence-corrected chi connectivity index (χ4v) is 2.00. The van der Waals surface area contributed by atoms with Gasteiger partial charge >= 0.3 is 0 Å². The maximum Gasteiger partial charge on any atom is 0.222 e. The molecule has 2 aliphatic heterocycles. The van der Waals surface area contributed by atoms with Crippen molar-refractivity contribution >= 4 is 34.8 Å². The van der Waals surface area contributed by atoms with Gasteiger partial charge in [0.1, 0.15) is 16.7 Å². The van der Waals surface area contributed by atoms with E-state index in [0.717, 1.165) is 11.4 Å². The van der Waals surface area contributed by atoms with E-state index >= 15 is 0 Å². The lowest BCUT2D eigenvalue weighted by molar-refractivity contribution is 1.13. The van der Waals surface area contributed by atoms with E-state index < -0.39 is 0 Å². The summed E-state index contributed by atoms with van der Waals surface area (Å²) in [6, 6.07) is 9.50. The summed E-state index contributed by atoms with van der Waals surface area (Å²) in [5.74, 6) is 1.58. The Balaban J connectivity index is 1.97. The maximum atomic E-state index is 5.55. The molecule has 0 radical (unpaired) electrons. The summed E-state index contributed by atoms with van der Waals surface area (Å²) in [5, 5.41) is 3.12. The Kier molecular flexibility index (Phi) is 2.22. The van der Waals surface area contributed by atoms with Crippen LogP contribution in [-0.2, 0) is 0 Å². The van der Waals surface area contributed by atoms with Crippen molar-refractivity contribution in [2.24, 2.45) is 20.7 Å². The molecule has 1 aromatic rings. The van der Waals surface area contributed by atoms with Crippen LogP contribution in [0.1, 0.15) is 5.56 Å². The summed E-state index contributed by atoms with van der Waals surface area (Å²) >= 11 is 5.13. The lowest BCUT2D eigenvalue weighted by Crippen LogP contribution is -2.38. The number of benzene rings is 1. The van der Waals surface area contributed by atoms with E-state index in [1.807, 2.05) is 30.3 Å². The number of rotatable bonds is 1. The molecule has 84 valence electrons. The third-order valence-corrected chi connectivity index (χ3v) is 2.82. The van der Waals surface area contributed by atoms with E-state index in [1.165, 1.54) is 0 Å². The second kappa shape index (κ2) is 3.74. The fourth-order valence-electron chi connectivity index (χ4n) is 1.74. The number of fused-ring (bicyclic) bond motifs is 1. The van der Waals surface area contributed by atoms with Gasteiger partial charge in [0.15, 0.2) is 6.04 Å². The van der Waals surface area contributed by atoms with Gasteiger partial charge in [0.05, 0.1) is 0 Å². The highest BCUT2D eigenvalue weighted by Gasteiger charge is 2.31. The summed E-state index contributed by atoms with van der Waals surface area (Å²) in [6.45, 7) is 0. The van der Waals surface area contributed by atoms with Crippen LogP contribution in [0.25, 0.3) is 0 Å². The molecule has 0 fully saturated rings. The van der Waals surface area contributed by atoms with Crippen molar-refractivity contribution < 1.29 is 0 Å². The lowest BCUT2D eigenvalue weighted by atomic mass is 10.2. The normalized spacial score (nSPS) is 22.2. The Hall–Kier alpha value is -2.08. The van der Waals surface area contributed by atoms with Gasteiger partial charge in [-0.05, 0) is 0 Å². The van der Waals surface area contributed by atoms with E-state index in [4.69, 9.17) is 18.0 Å². The first-order valence-corrected chi connectivity index (χ1v) is 5.52. The number of nitrogens with one attached hydrogen (secondary N) is 1. The zero-order valence-corrected chi connectivity index (χ0v) is 9.61. The quantitative estimate of drug-likeness (QED) is 0.704. The molecule has 2 aliphatic rings. The molecule has 0 bridgehead atoms. The molecule has 1 aromatic carbocycles. The van der Waals surface area contributed by atoms with Crippen LogP contribution in [-0.4, -0.2) is 28.7 Å². The topological polar surface area (TPSA) is 75.1 Å². The van der Waals surface area contributed by atoms with Crippen LogP contribution in [0.3, 0.4) is 0 Å². The van der Waals surface area contributed by atoms with E-state index in [0.29, 0.717) is 10.8 Å². The van der Waals surface area contributed by atoms with Crippen molar-refractivity contribution in [3.8, 4) is 0 Å². The maximum absolute atomic E-state index is 5.55. The van der Waals surface area contributed by atoms with Gasteiger partial charge in [-0.25, -0.2) is 9.98 Å². The molecule has 2 heterocycles. The summed E-state index contributed by atoms with van der Waals surface area (Å²) in [5.41, 5.74) is 6.54. The SMILES string of the molecule is NC1=NC(=S)C2N=C(c3ccccc3)NC2=N1. The Labute approximate surface area is 103 Å². The van der Waals surface area contributed by atoms with Gasteiger partial charge in [-0.3, -0.25) is 0 Å². The monoisotopic (exact) mass is 243 g/mol. The first-order chi connectivity index (χ1) is 8.24. The van der Waals surface area contributed by atoms with Crippen LogP contribution in [0, 0.1) is 0 Å². The highest BCUT2D eigenvalue weighted by atomic mass is 32.1. The van der Waals surface area contributed by atoms with Crippen molar-refractivity contribution in [2.45, 2.75) is 6.04 Å². The minimum Gasteiger partial charge on any atom is -0.368 e. The van der Waals surface area contributed by atoms with Gasteiger partial charge in [-0.1, -0.05) is 42.5 Å². The van der Waals surface area contributed by atoms with E-state index in [9.17, 15) is 0 Å². The van der Waals surface area contributed by atoms with Crippen LogP contribution in [0.15, 0.2) is 45.3 Å². The minimum absolute atomic E-state index is 0.179. The van der Waals surface area contributed by atoms with Crippen molar-refractivity contribution in [3.63, 3.8) is 0 Å². The number of thiocarbonyl (C=S) groups is 1. The van der Waals surface area contributed by atoms with Gasteiger partial charge < -0.3 is 11.1 Å². The van der Waals surface area contributed by atoms with Gasteiger partial charge in [0.2, 0.25) is 5.96 Å². The van der Waals surface area contributed by atoms with Crippen molar-refractivity contribution in [3.05, 3.63) is 35.9 Å². The lowest BCUT2D eigenvalue weighted by Gasteiger charge is -2.11. The van der Waals surface area contributed by atoms with Crippen molar-refractivity contribution in [1.82, 2.24) is 5.32 Å². The number of guanidine groups is 1. The zero-order chi connectivity index (χ0) is 11.8. The Bertz CT molecular complexity index is 573. The summed E-state index contributed by atoms with van der Waals surface area (Å²) in [4.78, 5) is 13.0. The first-order valence-electron chi connectivity index (χ1n) is 5.11. The third kappa shape index (κ3) is 1.72. The predicted molar refractivity (Wildman–Crippen MR) is 71.6 cm³/mol. The van der Waals surface area contributed by atoms with Gasteiger partial charge in [0, 0.05) is 5.56 Å². The van der Waals surface area contributed by atoms with E-state index in [2.05, 4.69) is 20.3 Å². The molecule has 0 spiro atoms. The fraction of sp³-hybridized carbons (Fsp3) is 0.0909. The molecule has 17 heavy (non-hydrogen) atoms. The molecule has 3 N–H and O–H groups in total. The molecule has 0 saturated carbocycles. The molecule has 6 heteroatoms. The second-order valence-electron chi connectivity index (χ2n) is 3.68. The molecule has 1 unspecified atom stereocenters. The summed E-state index contributed by atoms with van der Waals surface area (Å²) in [6.07, 6.45) is 0. The standard InChI is InChI=1S/C11H9N5S/c12-11-15-9-7(10(17)16-11)13-8(14-9)6-4-2-1-3-5-6/h1-5,7H,(H3,12,13,14,15,16,17). The number of aliphatic imine (C=N–C) groups is 3. The molecule has 1 atom stereocenters. The van der Waals surface area contributed by atoms with Crippen LogP contribution < -0.4 is 11.1 Å². The second-order valence-corrected chi connectivity index (χ2v) is 4.09. The molecule has 0 saturated heterocycles. The minimum atomic E-state index is -0.299. The van der Waals surface area contributed by atoms with Crippen molar-refractivity contribution in [2.75, 3.05) is 0 Å². The summed E-state index contributed by atoms with van der Waals surface area (Å²) < 4.78 is 0. The Morgan fingerprint density at radius 2 is 1.94 bits per heavy atom. The van der Waals surface area contributed by atoms with Crippen LogP contribution in [0.4, 0.5) is 0 Å². The van der Waals surface area contributed by atoms with Gasteiger partial charge in [-0.2, -0.15) is 4.99 Å². The van der Waals surface area contributed by atoms with Crippen LogP contribution >= 0.6 is 12.2 Å². The number of nitrogens with two attached hydrogens (primary N) is 1. The molecule has 0 aromatic heterocycles. The highest BCUT2D eigenvalue weighted by Crippen LogP contribution is 2.13. The molecule has 0 amide bonds. The third-order valence-electron chi connectivity index (χ3n) is 2.50. The molecule has 0 aliphatic carbocycles. The highest BCUT2D eigenvalue weighted by molar-refractivity contribution is 7.80. The molecular formula is C11H9N5S. The molecule has 3 rings (SSSR count). The Morgan fingerprint density at radius 1 is 1.18 bits per heavy atom. The number of hydrogen-bond donors (Lipinski definition) is 2.